The summed E-state index contributed by atoms with van der Waals surface area (Å²) in [5.41, 5.74) is 7.29. The molecule has 0 saturated heterocycles. The fourth-order valence-electron chi connectivity index (χ4n) is 2.27. The molecule has 0 saturated carbocycles. The topological polar surface area (TPSA) is 53.5 Å². The number of halogens is 1. The lowest BCUT2D eigenvalue weighted by atomic mass is 10.0. The standard InChI is InChI=1S/C12H14N2O.C7H8FN/c1-9-2-4-10(5-3-9)6-11-7-12(8-15)14-13-11;1-9-7-4-2-6(8)3-5-7/h2-5,8,12,14H,6-7H2,1H3;2-5,9H,1H3. The maximum atomic E-state index is 12.2. The summed E-state index contributed by atoms with van der Waals surface area (Å²) in [5.74, 6) is -0.200. The Balaban J connectivity index is 0.000000198. The van der Waals surface area contributed by atoms with Gasteiger partial charge in [0, 0.05) is 31.3 Å². The second-order valence-electron chi connectivity index (χ2n) is 5.67. The SMILES string of the molecule is CNc1ccc(F)cc1.Cc1ccc(CC2=NNC(C=O)C2)cc1. The Bertz CT molecular complexity index is 681. The molecule has 1 atom stereocenters. The molecule has 1 unspecified atom stereocenters. The van der Waals surface area contributed by atoms with Crippen molar-refractivity contribution < 1.29 is 9.18 Å². The largest absolute Gasteiger partial charge is 0.388 e. The summed E-state index contributed by atoms with van der Waals surface area (Å²) in [6.07, 6.45) is 2.47. The van der Waals surface area contributed by atoms with Gasteiger partial charge in [-0.2, -0.15) is 5.10 Å². The molecule has 0 aromatic heterocycles. The molecule has 1 aliphatic rings. The maximum Gasteiger partial charge on any atom is 0.144 e. The van der Waals surface area contributed by atoms with Crippen LogP contribution in [0, 0.1) is 12.7 Å². The van der Waals surface area contributed by atoms with Gasteiger partial charge in [0.15, 0.2) is 0 Å². The Labute approximate surface area is 141 Å². The molecular weight excluding hydrogens is 305 g/mol. The normalized spacial score (nSPS) is 15.6. The Morgan fingerprint density at radius 1 is 1.21 bits per heavy atom. The number of nitrogens with one attached hydrogen (secondary N) is 2. The molecule has 0 spiro atoms. The quantitative estimate of drug-likeness (QED) is 0.847. The third-order valence-electron chi connectivity index (χ3n) is 3.67. The zero-order valence-electron chi connectivity index (χ0n) is 13.9. The highest BCUT2D eigenvalue weighted by Gasteiger charge is 2.16. The molecule has 5 heteroatoms. The number of benzene rings is 2. The molecule has 0 aliphatic carbocycles. The fraction of sp³-hybridized carbons (Fsp3) is 0.263. The number of nitrogens with zero attached hydrogens (tertiary/aromatic N) is 1. The molecule has 3 rings (SSSR count). The number of rotatable bonds is 4. The number of anilines is 1. The molecule has 0 fully saturated rings. The van der Waals surface area contributed by atoms with Crippen LogP contribution < -0.4 is 10.7 Å². The molecule has 24 heavy (non-hydrogen) atoms. The van der Waals surface area contributed by atoms with E-state index in [1.807, 2.05) is 0 Å². The van der Waals surface area contributed by atoms with Gasteiger partial charge in [0.25, 0.3) is 0 Å². The molecule has 0 amide bonds. The Morgan fingerprint density at radius 3 is 2.42 bits per heavy atom. The van der Waals surface area contributed by atoms with Crippen molar-refractivity contribution >= 4 is 17.7 Å². The summed E-state index contributed by atoms with van der Waals surface area (Å²) in [5, 5.41) is 7.03. The highest BCUT2D eigenvalue weighted by molar-refractivity contribution is 5.90. The minimum absolute atomic E-state index is 0.120. The Hall–Kier alpha value is -2.69. The molecule has 0 radical (unpaired) electrons. The predicted octanol–water partition coefficient (Wildman–Crippen LogP) is 3.32. The Morgan fingerprint density at radius 2 is 1.88 bits per heavy atom. The summed E-state index contributed by atoms with van der Waals surface area (Å²) in [7, 11) is 1.80. The first kappa shape index (κ1) is 17.7. The maximum absolute atomic E-state index is 12.2. The number of hydrogen-bond acceptors (Lipinski definition) is 4. The molecular formula is C19H22FN3O. The van der Waals surface area contributed by atoms with Crippen molar-refractivity contribution in [3.8, 4) is 0 Å². The zero-order chi connectivity index (χ0) is 17.4. The summed E-state index contributed by atoms with van der Waals surface area (Å²) in [6.45, 7) is 2.07. The van der Waals surface area contributed by atoms with E-state index in [-0.39, 0.29) is 11.9 Å². The average Bonchev–Trinajstić information content (AvgIpc) is 3.06. The molecule has 1 heterocycles. The number of hydrogen-bond donors (Lipinski definition) is 2. The molecule has 126 valence electrons. The fourth-order valence-corrected chi connectivity index (χ4v) is 2.27. The third kappa shape index (κ3) is 5.50. The highest BCUT2D eigenvalue weighted by atomic mass is 19.1. The Kier molecular flexibility index (Phi) is 6.49. The van der Waals surface area contributed by atoms with Gasteiger partial charge in [0.1, 0.15) is 18.1 Å². The number of carbonyl (C=O) groups excluding carboxylic acids is 1. The van der Waals surface area contributed by atoms with Crippen LogP contribution in [-0.4, -0.2) is 25.1 Å². The van der Waals surface area contributed by atoms with Crippen LogP contribution >= 0.6 is 0 Å². The van der Waals surface area contributed by atoms with Gasteiger partial charge in [-0.3, -0.25) is 5.43 Å². The van der Waals surface area contributed by atoms with Gasteiger partial charge in [-0.25, -0.2) is 4.39 Å². The van der Waals surface area contributed by atoms with E-state index in [1.54, 1.807) is 19.2 Å². The molecule has 1 aliphatic heterocycles. The third-order valence-corrected chi connectivity index (χ3v) is 3.67. The van der Waals surface area contributed by atoms with Crippen LogP contribution in [0.25, 0.3) is 0 Å². The minimum Gasteiger partial charge on any atom is -0.388 e. The van der Waals surface area contributed by atoms with Gasteiger partial charge in [-0.15, -0.1) is 0 Å². The van der Waals surface area contributed by atoms with Crippen molar-refractivity contribution in [2.45, 2.75) is 25.8 Å². The van der Waals surface area contributed by atoms with Crippen molar-refractivity contribution in [1.29, 1.82) is 0 Å². The van der Waals surface area contributed by atoms with Gasteiger partial charge < -0.3 is 10.1 Å². The van der Waals surface area contributed by atoms with E-state index in [0.717, 1.165) is 30.5 Å². The van der Waals surface area contributed by atoms with Crippen molar-refractivity contribution in [1.82, 2.24) is 5.43 Å². The van der Waals surface area contributed by atoms with E-state index in [0.29, 0.717) is 0 Å². The molecule has 2 aromatic carbocycles. The summed E-state index contributed by atoms with van der Waals surface area (Å²) >= 11 is 0. The summed E-state index contributed by atoms with van der Waals surface area (Å²) < 4.78 is 12.2. The zero-order valence-corrected chi connectivity index (χ0v) is 13.9. The van der Waals surface area contributed by atoms with Gasteiger partial charge in [-0.1, -0.05) is 29.8 Å². The monoisotopic (exact) mass is 327 g/mol. The van der Waals surface area contributed by atoms with Crippen molar-refractivity contribution in [2.24, 2.45) is 5.10 Å². The number of aldehydes is 1. The van der Waals surface area contributed by atoms with Gasteiger partial charge >= 0.3 is 0 Å². The summed E-state index contributed by atoms with van der Waals surface area (Å²) in [6, 6.07) is 14.5. The van der Waals surface area contributed by atoms with Crippen molar-refractivity contribution in [2.75, 3.05) is 12.4 Å². The smallest absolute Gasteiger partial charge is 0.144 e. The second kappa shape index (κ2) is 8.82. The first-order chi connectivity index (χ1) is 11.6. The van der Waals surface area contributed by atoms with Crippen molar-refractivity contribution in [3.05, 3.63) is 65.5 Å². The van der Waals surface area contributed by atoms with Crippen LogP contribution in [0.5, 0.6) is 0 Å². The number of carbonyl (C=O) groups is 1. The lowest BCUT2D eigenvalue weighted by molar-refractivity contribution is -0.109. The highest BCUT2D eigenvalue weighted by Crippen LogP contribution is 2.10. The van der Waals surface area contributed by atoms with E-state index in [1.165, 1.54) is 23.3 Å². The second-order valence-corrected chi connectivity index (χ2v) is 5.67. The number of hydrazone groups is 1. The van der Waals surface area contributed by atoms with Gasteiger partial charge in [-0.05, 0) is 36.8 Å². The number of aryl methyl sites for hydroxylation is 1. The first-order valence-corrected chi connectivity index (χ1v) is 7.86. The van der Waals surface area contributed by atoms with E-state index >= 15 is 0 Å². The van der Waals surface area contributed by atoms with E-state index < -0.39 is 0 Å². The molecule has 0 bridgehead atoms. The minimum atomic E-state index is -0.200. The molecule has 4 nitrogen and oxygen atoms in total. The van der Waals surface area contributed by atoms with Crippen LogP contribution in [0.3, 0.4) is 0 Å². The van der Waals surface area contributed by atoms with E-state index in [2.05, 4.69) is 47.0 Å². The van der Waals surface area contributed by atoms with Gasteiger partial charge in [0.05, 0.1) is 0 Å². The van der Waals surface area contributed by atoms with E-state index in [9.17, 15) is 9.18 Å². The van der Waals surface area contributed by atoms with Crippen LogP contribution in [0.15, 0.2) is 53.6 Å². The van der Waals surface area contributed by atoms with Crippen LogP contribution in [0.2, 0.25) is 0 Å². The van der Waals surface area contributed by atoms with Crippen LogP contribution in [0.4, 0.5) is 10.1 Å². The average molecular weight is 327 g/mol. The van der Waals surface area contributed by atoms with Gasteiger partial charge in [0.2, 0.25) is 0 Å². The first-order valence-electron chi connectivity index (χ1n) is 7.86. The predicted molar refractivity (Wildman–Crippen MR) is 95.9 cm³/mol. The van der Waals surface area contributed by atoms with E-state index in [4.69, 9.17) is 0 Å². The lowest BCUT2D eigenvalue weighted by Gasteiger charge is -2.01. The lowest BCUT2D eigenvalue weighted by Crippen LogP contribution is -2.20. The molecule has 2 N–H and O–H groups in total. The molecule has 2 aromatic rings. The van der Waals surface area contributed by atoms with Crippen LogP contribution in [-0.2, 0) is 11.2 Å². The van der Waals surface area contributed by atoms with Crippen LogP contribution in [0.1, 0.15) is 17.5 Å². The summed E-state index contributed by atoms with van der Waals surface area (Å²) in [4.78, 5) is 10.5. The van der Waals surface area contributed by atoms with Crippen molar-refractivity contribution in [3.63, 3.8) is 0 Å².